The van der Waals surface area contributed by atoms with Crippen molar-refractivity contribution in [3.05, 3.63) is 71.7 Å². The van der Waals surface area contributed by atoms with E-state index in [9.17, 15) is 4.79 Å². The molecule has 0 saturated heterocycles. The number of rotatable bonds is 6. The Morgan fingerprint density at radius 1 is 1.14 bits per heavy atom. The van der Waals surface area contributed by atoms with Gasteiger partial charge in [-0.15, -0.1) is 0 Å². The first kappa shape index (κ1) is 15.1. The Kier molecular flexibility index (Phi) is 5.38. The molecule has 2 rings (SSSR count). The highest BCUT2D eigenvalue weighted by atomic mass is 16.3. The van der Waals surface area contributed by atoms with E-state index in [2.05, 4.69) is 0 Å². The summed E-state index contributed by atoms with van der Waals surface area (Å²) >= 11 is 0. The maximum atomic E-state index is 12.6. The van der Waals surface area contributed by atoms with Crippen molar-refractivity contribution in [1.82, 2.24) is 4.90 Å². The molecule has 0 aliphatic heterocycles. The van der Waals surface area contributed by atoms with E-state index in [0.717, 1.165) is 23.3 Å². The summed E-state index contributed by atoms with van der Waals surface area (Å²) in [5.41, 5.74) is 1.89. The third-order valence-electron chi connectivity index (χ3n) is 3.28. The van der Waals surface area contributed by atoms with Crippen LogP contribution in [-0.4, -0.2) is 10.8 Å². The van der Waals surface area contributed by atoms with E-state index in [4.69, 9.17) is 4.42 Å². The fraction of sp³-hybridized carbons (Fsp3) is 0.278. The third kappa shape index (κ3) is 4.35. The lowest BCUT2D eigenvalue weighted by Gasteiger charge is -2.22. The normalized spacial score (nSPS) is 11.4. The molecule has 1 aromatic carbocycles. The molecule has 0 spiro atoms. The summed E-state index contributed by atoms with van der Waals surface area (Å²) in [5, 5.41) is 0. The zero-order chi connectivity index (χ0) is 15.1. The minimum Gasteiger partial charge on any atom is -0.467 e. The van der Waals surface area contributed by atoms with Gasteiger partial charge in [-0.3, -0.25) is 4.79 Å². The van der Waals surface area contributed by atoms with Crippen molar-refractivity contribution >= 4 is 5.91 Å². The van der Waals surface area contributed by atoms with Gasteiger partial charge in [-0.25, -0.2) is 0 Å². The monoisotopic (exact) mass is 283 g/mol. The van der Waals surface area contributed by atoms with Gasteiger partial charge in [0.05, 0.1) is 12.8 Å². The number of allylic oxidation sites excluding steroid dienone is 1. The Morgan fingerprint density at radius 3 is 2.52 bits per heavy atom. The molecule has 0 aliphatic rings. The van der Waals surface area contributed by atoms with Crippen molar-refractivity contribution in [3.63, 3.8) is 0 Å². The molecular formula is C18H21NO2. The van der Waals surface area contributed by atoms with Crippen LogP contribution in [0, 0.1) is 0 Å². The van der Waals surface area contributed by atoms with E-state index in [1.54, 1.807) is 6.26 Å². The van der Waals surface area contributed by atoms with Crippen LogP contribution in [0.1, 0.15) is 31.6 Å². The Balaban J connectivity index is 2.17. The summed E-state index contributed by atoms with van der Waals surface area (Å²) in [6, 6.07) is 13.7. The number of amides is 1. The fourth-order valence-corrected chi connectivity index (χ4v) is 2.24. The molecule has 0 radical (unpaired) electrons. The van der Waals surface area contributed by atoms with Crippen LogP contribution in [0.4, 0.5) is 0 Å². The molecule has 0 unspecified atom stereocenters. The van der Waals surface area contributed by atoms with E-state index < -0.39 is 0 Å². The van der Waals surface area contributed by atoms with Gasteiger partial charge in [0.1, 0.15) is 5.76 Å². The molecule has 0 atom stereocenters. The van der Waals surface area contributed by atoms with Crippen molar-refractivity contribution < 1.29 is 9.21 Å². The van der Waals surface area contributed by atoms with Crippen molar-refractivity contribution in [2.45, 2.75) is 33.4 Å². The predicted molar refractivity (Wildman–Crippen MR) is 83.5 cm³/mol. The zero-order valence-electron chi connectivity index (χ0n) is 12.6. The Bertz CT molecular complexity index is 585. The van der Waals surface area contributed by atoms with Crippen LogP contribution in [0.15, 0.2) is 64.8 Å². The van der Waals surface area contributed by atoms with E-state index >= 15 is 0 Å². The standard InChI is InChI=1S/C18H21NO2/c1-3-8-15(2)18(20)19(14-17-11-7-12-21-17)13-16-9-5-4-6-10-16/h4-12H,3,13-14H2,1-2H3/b15-8-. The van der Waals surface area contributed by atoms with Gasteiger partial charge in [0.15, 0.2) is 0 Å². The average molecular weight is 283 g/mol. The van der Waals surface area contributed by atoms with Crippen LogP contribution < -0.4 is 0 Å². The first-order valence-corrected chi connectivity index (χ1v) is 7.23. The van der Waals surface area contributed by atoms with Crippen molar-refractivity contribution in [2.75, 3.05) is 0 Å². The lowest BCUT2D eigenvalue weighted by molar-refractivity contribution is -0.128. The molecule has 110 valence electrons. The molecule has 3 heteroatoms. The second kappa shape index (κ2) is 7.48. The molecule has 2 aromatic rings. The Hall–Kier alpha value is -2.29. The van der Waals surface area contributed by atoms with Crippen LogP contribution in [0.5, 0.6) is 0 Å². The lowest BCUT2D eigenvalue weighted by Crippen LogP contribution is -2.30. The van der Waals surface area contributed by atoms with Crippen LogP contribution in [0.3, 0.4) is 0 Å². The highest BCUT2D eigenvalue weighted by Crippen LogP contribution is 2.14. The molecule has 1 amide bonds. The average Bonchev–Trinajstić information content (AvgIpc) is 3.00. The minimum absolute atomic E-state index is 0.0529. The first-order chi connectivity index (χ1) is 10.2. The summed E-state index contributed by atoms with van der Waals surface area (Å²) in [4.78, 5) is 14.4. The summed E-state index contributed by atoms with van der Waals surface area (Å²) in [6.07, 6.45) is 4.45. The second-order valence-electron chi connectivity index (χ2n) is 5.02. The number of hydrogen-bond acceptors (Lipinski definition) is 2. The van der Waals surface area contributed by atoms with Crippen molar-refractivity contribution in [2.24, 2.45) is 0 Å². The molecule has 0 N–H and O–H groups in total. The number of carbonyl (C=O) groups excluding carboxylic acids is 1. The smallest absolute Gasteiger partial charge is 0.249 e. The van der Waals surface area contributed by atoms with Gasteiger partial charge in [-0.2, -0.15) is 0 Å². The molecule has 0 fully saturated rings. The number of hydrogen-bond donors (Lipinski definition) is 0. The van der Waals surface area contributed by atoms with Crippen LogP contribution in [0.2, 0.25) is 0 Å². The zero-order valence-corrected chi connectivity index (χ0v) is 12.6. The Morgan fingerprint density at radius 2 is 1.90 bits per heavy atom. The molecule has 0 bridgehead atoms. The van der Waals surface area contributed by atoms with E-state index in [-0.39, 0.29) is 5.91 Å². The van der Waals surface area contributed by atoms with E-state index in [1.165, 1.54) is 0 Å². The summed E-state index contributed by atoms with van der Waals surface area (Å²) in [7, 11) is 0. The van der Waals surface area contributed by atoms with Gasteiger partial charge < -0.3 is 9.32 Å². The second-order valence-corrected chi connectivity index (χ2v) is 5.02. The topological polar surface area (TPSA) is 33.5 Å². The number of benzene rings is 1. The largest absolute Gasteiger partial charge is 0.467 e. The summed E-state index contributed by atoms with van der Waals surface area (Å²) in [5.74, 6) is 0.848. The minimum atomic E-state index is 0.0529. The maximum absolute atomic E-state index is 12.6. The quantitative estimate of drug-likeness (QED) is 0.746. The first-order valence-electron chi connectivity index (χ1n) is 7.23. The van der Waals surface area contributed by atoms with Gasteiger partial charge in [0, 0.05) is 12.1 Å². The molecule has 21 heavy (non-hydrogen) atoms. The molecule has 0 saturated carbocycles. The molecule has 1 aromatic heterocycles. The van der Waals surface area contributed by atoms with Gasteiger partial charge >= 0.3 is 0 Å². The van der Waals surface area contributed by atoms with Gasteiger partial charge in [0.25, 0.3) is 0 Å². The summed E-state index contributed by atoms with van der Waals surface area (Å²) in [6.45, 7) is 4.96. The fourth-order valence-electron chi connectivity index (χ4n) is 2.24. The third-order valence-corrected chi connectivity index (χ3v) is 3.28. The number of carbonyl (C=O) groups is 1. The number of nitrogens with zero attached hydrogens (tertiary/aromatic N) is 1. The lowest BCUT2D eigenvalue weighted by atomic mass is 10.1. The Labute approximate surface area is 125 Å². The van der Waals surface area contributed by atoms with E-state index in [0.29, 0.717) is 13.1 Å². The van der Waals surface area contributed by atoms with Crippen LogP contribution >= 0.6 is 0 Å². The highest BCUT2D eigenvalue weighted by molar-refractivity contribution is 5.92. The molecule has 1 heterocycles. The van der Waals surface area contributed by atoms with Gasteiger partial charge in [-0.1, -0.05) is 43.3 Å². The predicted octanol–water partition coefficient (Wildman–Crippen LogP) is 4.16. The van der Waals surface area contributed by atoms with E-state index in [1.807, 2.05) is 67.3 Å². The summed E-state index contributed by atoms with van der Waals surface area (Å²) < 4.78 is 5.38. The van der Waals surface area contributed by atoms with Gasteiger partial charge in [0.2, 0.25) is 5.91 Å². The highest BCUT2D eigenvalue weighted by Gasteiger charge is 2.17. The van der Waals surface area contributed by atoms with Crippen LogP contribution in [-0.2, 0) is 17.9 Å². The maximum Gasteiger partial charge on any atom is 0.249 e. The van der Waals surface area contributed by atoms with Crippen molar-refractivity contribution in [3.8, 4) is 0 Å². The van der Waals surface area contributed by atoms with Gasteiger partial charge in [-0.05, 0) is 31.0 Å². The number of furan rings is 1. The molecule has 3 nitrogen and oxygen atoms in total. The SMILES string of the molecule is CC/C=C(/C)C(=O)N(Cc1ccccc1)Cc1ccco1. The molecular weight excluding hydrogens is 262 g/mol. The molecule has 0 aliphatic carbocycles. The van der Waals surface area contributed by atoms with Crippen LogP contribution in [0.25, 0.3) is 0 Å². The van der Waals surface area contributed by atoms with Crippen molar-refractivity contribution in [1.29, 1.82) is 0 Å².